The van der Waals surface area contributed by atoms with Crippen LogP contribution in [0, 0.1) is 0 Å². The van der Waals surface area contributed by atoms with Gasteiger partial charge in [-0.05, 0) is 38.5 Å². The van der Waals surface area contributed by atoms with Gasteiger partial charge in [0.25, 0.3) is 0 Å². The van der Waals surface area contributed by atoms with Crippen molar-refractivity contribution in [1.82, 2.24) is 9.80 Å². The molecule has 0 bridgehead atoms. The Kier molecular flexibility index (Phi) is 6.83. The van der Waals surface area contributed by atoms with Crippen LogP contribution < -0.4 is 0 Å². The quantitative estimate of drug-likeness (QED) is 0.820. The largest absolute Gasteiger partial charge is 0.445 e. The van der Waals surface area contributed by atoms with Crippen LogP contribution in [0.15, 0.2) is 30.3 Å². The third kappa shape index (κ3) is 5.49. The standard InChI is InChI=1S/C17H26N2O4/c1-18-9-7-15(8-10-18)19(11-16(21)12-20)17(22)23-13-14-5-3-2-4-6-14/h2-6,15-16,20-21H,7-13H2,1H3. The maximum absolute atomic E-state index is 12.4. The highest BCUT2D eigenvalue weighted by Crippen LogP contribution is 2.17. The topological polar surface area (TPSA) is 73.2 Å². The fourth-order valence-electron chi connectivity index (χ4n) is 2.77. The van der Waals surface area contributed by atoms with Gasteiger partial charge in [-0.25, -0.2) is 4.79 Å². The zero-order chi connectivity index (χ0) is 16.7. The first-order valence-electron chi connectivity index (χ1n) is 8.05. The molecule has 23 heavy (non-hydrogen) atoms. The number of hydrogen-bond donors (Lipinski definition) is 2. The first-order valence-corrected chi connectivity index (χ1v) is 8.05. The van der Waals surface area contributed by atoms with E-state index in [2.05, 4.69) is 11.9 Å². The van der Waals surface area contributed by atoms with Gasteiger partial charge in [-0.3, -0.25) is 0 Å². The second-order valence-electron chi connectivity index (χ2n) is 6.06. The average molecular weight is 322 g/mol. The van der Waals surface area contributed by atoms with Gasteiger partial charge in [0.1, 0.15) is 6.61 Å². The summed E-state index contributed by atoms with van der Waals surface area (Å²) >= 11 is 0. The molecule has 1 aliphatic heterocycles. The first kappa shape index (κ1) is 17.7. The summed E-state index contributed by atoms with van der Waals surface area (Å²) in [4.78, 5) is 16.2. The van der Waals surface area contributed by atoms with Gasteiger partial charge in [-0.15, -0.1) is 0 Å². The Hall–Kier alpha value is -1.63. The lowest BCUT2D eigenvalue weighted by Crippen LogP contribution is -2.49. The molecule has 2 N–H and O–H groups in total. The third-order valence-electron chi connectivity index (χ3n) is 4.19. The number of nitrogens with zero attached hydrogens (tertiary/aromatic N) is 2. The second kappa shape index (κ2) is 8.86. The molecule has 1 atom stereocenters. The Balaban J connectivity index is 1.96. The van der Waals surface area contributed by atoms with E-state index in [1.54, 1.807) is 4.90 Å². The lowest BCUT2D eigenvalue weighted by atomic mass is 10.0. The van der Waals surface area contributed by atoms with Crippen LogP contribution in [0.5, 0.6) is 0 Å². The molecule has 1 aromatic rings. The van der Waals surface area contributed by atoms with E-state index in [0.29, 0.717) is 0 Å². The van der Waals surface area contributed by atoms with Crippen molar-refractivity contribution in [3.8, 4) is 0 Å². The Morgan fingerprint density at radius 2 is 2.00 bits per heavy atom. The molecule has 1 fully saturated rings. The summed E-state index contributed by atoms with van der Waals surface area (Å²) < 4.78 is 5.40. The van der Waals surface area contributed by atoms with E-state index in [9.17, 15) is 9.90 Å². The molecule has 6 nitrogen and oxygen atoms in total. The number of aliphatic hydroxyl groups excluding tert-OH is 2. The lowest BCUT2D eigenvalue weighted by molar-refractivity contribution is 0.0198. The number of piperidine rings is 1. The first-order chi connectivity index (χ1) is 11.1. The van der Waals surface area contributed by atoms with E-state index in [0.717, 1.165) is 31.5 Å². The molecule has 0 aromatic heterocycles. The summed E-state index contributed by atoms with van der Waals surface area (Å²) in [6.45, 7) is 1.75. The van der Waals surface area contributed by atoms with Crippen molar-refractivity contribution < 1.29 is 19.7 Å². The van der Waals surface area contributed by atoms with Crippen molar-refractivity contribution in [3.05, 3.63) is 35.9 Å². The van der Waals surface area contributed by atoms with E-state index in [1.165, 1.54) is 0 Å². The molecule has 0 aliphatic carbocycles. The summed E-state index contributed by atoms with van der Waals surface area (Å²) in [6.07, 6.45) is 0.305. The van der Waals surface area contributed by atoms with Crippen LogP contribution in [0.3, 0.4) is 0 Å². The summed E-state index contributed by atoms with van der Waals surface area (Å²) in [5, 5.41) is 18.8. The molecule has 1 aliphatic rings. The summed E-state index contributed by atoms with van der Waals surface area (Å²) in [7, 11) is 2.05. The lowest BCUT2D eigenvalue weighted by Gasteiger charge is -2.37. The molecule has 6 heteroatoms. The SMILES string of the molecule is CN1CCC(N(CC(O)CO)C(=O)OCc2ccccc2)CC1. The number of benzene rings is 1. The Morgan fingerprint density at radius 3 is 2.61 bits per heavy atom. The fourth-order valence-corrected chi connectivity index (χ4v) is 2.77. The number of amides is 1. The van der Waals surface area contributed by atoms with E-state index in [-0.39, 0.29) is 25.8 Å². The molecule has 1 aromatic carbocycles. The highest BCUT2D eigenvalue weighted by molar-refractivity contribution is 5.68. The zero-order valence-corrected chi connectivity index (χ0v) is 13.6. The number of likely N-dealkylation sites (tertiary alicyclic amines) is 1. The van der Waals surface area contributed by atoms with E-state index >= 15 is 0 Å². The minimum Gasteiger partial charge on any atom is -0.445 e. The molecule has 1 unspecified atom stereocenters. The fraction of sp³-hybridized carbons (Fsp3) is 0.588. The van der Waals surface area contributed by atoms with E-state index < -0.39 is 12.2 Å². The smallest absolute Gasteiger partial charge is 0.410 e. The molecule has 1 heterocycles. The minimum absolute atomic E-state index is 0.0377. The Labute approximate surface area is 137 Å². The number of carbonyl (C=O) groups is 1. The number of carbonyl (C=O) groups excluding carboxylic acids is 1. The maximum Gasteiger partial charge on any atom is 0.410 e. The molecular weight excluding hydrogens is 296 g/mol. The molecule has 0 radical (unpaired) electrons. The number of hydrogen-bond acceptors (Lipinski definition) is 5. The van der Waals surface area contributed by atoms with Crippen LogP contribution in [-0.4, -0.2) is 71.5 Å². The predicted octanol–water partition coefficient (Wildman–Crippen LogP) is 1.07. The molecule has 1 saturated heterocycles. The number of aliphatic hydroxyl groups is 2. The molecular formula is C17H26N2O4. The van der Waals surface area contributed by atoms with Crippen molar-refractivity contribution in [2.24, 2.45) is 0 Å². The van der Waals surface area contributed by atoms with Crippen molar-refractivity contribution in [2.45, 2.75) is 31.6 Å². The van der Waals surface area contributed by atoms with Crippen LogP contribution in [0.2, 0.25) is 0 Å². The summed E-state index contributed by atoms with van der Waals surface area (Å²) in [5.74, 6) is 0. The number of ether oxygens (including phenoxy) is 1. The van der Waals surface area contributed by atoms with Crippen LogP contribution >= 0.6 is 0 Å². The minimum atomic E-state index is -0.945. The van der Waals surface area contributed by atoms with Crippen LogP contribution in [0.1, 0.15) is 18.4 Å². The van der Waals surface area contributed by atoms with Crippen molar-refractivity contribution in [3.63, 3.8) is 0 Å². The van der Waals surface area contributed by atoms with Gasteiger partial charge < -0.3 is 24.7 Å². The van der Waals surface area contributed by atoms with Crippen LogP contribution in [0.4, 0.5) is 4.79 Å². The van der Waals surface area contributed by atoms with Gasteiger partial charge in [0.05, 0.1) is 19.3 Å². The van der Waals surface area contributed by atoms with E-state index in [1.807, 2.05) is 30.3 Å². The zero-order valence-electron chi connectivity index (χ0n) is 13.6. The second-order valence-corrected chi connectivity index (χ2v) is 6.06. The molecule has 1 amide bonds. The monoisotopic (exact) mass is 322 g/mol. The van der Waals surface area contributed by atoms with Gasteiger partial charge >= 0.3 is 6.09 Å². The van der Waals surface area contributed by atoms with Gasteiger partial charge in [0, 0.05) is 6.04 Å². The molecule has 128 valence electrons. The maximum atomic E-state index is 12.4. The van der Waals surface area contributed by atoms with Crippen molar-refractivity contribution >= 4 is 6.09 Å². The van der Waals surface area contributed by atoms with Gasteiger partial charge in [-0.2, -0.15) is 0 Å². The van der Waals surface area contributed by atoms with Crippen LogP contribution in [0.25, 0.3) is 0 Å². The highest BCUT2D eigenvalue weighted by atomic mass is 16.6. The average Bonchev–Trinajstić information content (AvgIpc) is 2.59. The predicted molar refractivity (Wildman–Crippen MR) is 86.9 cm³/mol. The van der Waals surface area contributed by atoms with E-state index in [4.69, 9.17) is 9.84 Å². The highest BCUT2D eigenvalue weighted by Gasteiger charge is 2.29. The normalized spacial score (nSPS) is 17.7. The van der Waals surface area contributed by atoms with Gasteiger partial charge in [0.15, 0.2) is 0 Å². The molecule has 0 saturated carbocycles. The Bertz CT molecular complexity index is 475. The van der Waals surface area contributed by atoms with Crippen molar-refractivity contribution in [2.75, 3.05) is 33.3 Å². The summed E-state index contributed by atoms with van der Waals surface area (Å²) in [5.41, 5.74) is 0.923. The molecule has 2 rings (SSSR count). The van der Waals surface area contributed by atoms with Gasteiger partial charge in [0.2, 0.25) is 0 Å². The molecule has 0 spiro atoms. The van der Waals surface area contributed by atoms with Gasteiger partial charge in [-0.1, -0.05) is 30.3 Å². The number of rotatable bonds is 6. The third-order valence-corrected chi connectivity index (χ3v) is 4.19. The Morgan fingerprint density at radius 1 is 1.35 bits per heavy atom. The summed E-state index contributed by atoms with van der Waals surface area (Å²) in [6, 6.07) is 9.54. The van der Waals surface area contributed by atoms with Crippen molar-refractivity contribution in [1.29, 1.82) is 0 Å². The van der Waals surface area contributed by atoms with Crippen LogP contribution in [-0.2, 0) is 11.3 Å².